The fraction of sp³-hybridized carbons (Fsp3) is 0.0667. The normalized spacial score (nSPS) is 10.8. The molecule has 0 atom stereocenters. The predicted octanol–water partition coefficient (Wildman–Crippen LogP) is 2.17. The number of aromatic carboxylic acids is 1. The molecular formula is C15H10NO3-. The quantitative estimate of drug-likeness (QED) is 0.701. The standard InChI is InChI=1S/C15H11NO3/c1-9-6-7-14(19-9)13-8-11(15(17)18)10-4-2-3-5-12(10)16-13/h2-8H,1H3,(H,17,18)/p-1. The third-order valence-corrected chi connectivity index (χ3v) is 2.93. The van der Waals surface area contributed by atoms with Crippen LogP contribution in [0.3, 0.4) is 0 Å². The van der Waals surface area contributed by atoms with E-state index in [0.717, 1.165) is 5.76 Å². The van der Waals surface area contributed by atoms with Gasteiger partial charge in [0.2, 0.25) is 0 Å². The number of carboxylic acids is 1. The Hall–Kier alpha value is -2.62. The van der Waals surface area contributed by atoms with Crippen LogP contribution < -0.4 is 5.11 Å². The van der Waals surface area contributed by atoms with Gasteiger partial charge in [0, 0.05) is 10.9 Å². The summed E-state index contributed by atoms with van der Waals surface area (Å²) in [6.45, 7) is 1.82. The Morgan fingerprint density at radius 2 is 2.00 bits per heavy atom. The lowest BCUT2D eigenvalue weighted by molar-refractivity contribution is -0.254. The van der Waals surface area contributed by atoms with Crippen LogP contribution in [0, 0.1) is 6.92 Å². The van der Waals surface area contributed by atoms with E-state index in [9.17, 15) is 9.90 Å². The summed E-state index contributed by atoms with van der Waals surface area (Å²) in [7, 11) is 0. The van der Waals surface area contributed by atoms with Crippen LogP contribution >= 0.6 is 0 Å². The molecule has 0 saturated carbocycles. The Kier molecular flexibility index (Phi) is 2.56. The van der Waals surface area contributed by atoms with Crippen LogP contribution in [0.4, 0.5) is 0 Å². The number of hydrogen-bond acceptors (Lipinski definition) is 4. The maximum Gasteiger partial charge on any atom is 0.152 e. The van der Waals surface area contributed by atoms with E-state index in [1.165, 1.54) is 6.07 Å². The van der Waals surface area contributed by atoms with Crippen molar-refractivity contribution in [2.75, 3.05) is 0 Å². The summed E-state index contributed by atoms with van der Waals surface area (Å²) < 4.78 is 5.48. The number of carbonyl (C=O) groups excluding carboxylic acids is 1. The van der Waals surface area contributed by atoms with Crippen molar-refractivity contribution in [3.8, 4) is 11.5 Å². The molecule has 0 unspecified atom stereocenters. The highest BCUT2D eigenvalue weighted by Crippen LogP contribution is 2.25. The van der Waals surface area contributed by atoms with Gasteiger partial charge in [0.1, 0.15) is 11.5 Å². The van der Waals surface area contributed by atoms with E-state index in [2.05, 4.69) is 4.98 Å². The Morgan fingerprint density at radius 3 is 2.68 bits per heavy atom. The van der Waals surface area contributed by atoms with E-state index in [-0.39, 0.29) is 5.56 Å². The first kappa shape index (κ1) is 11.5. The van der Waals surface area contributed by atoms with E-state index >= 15 is 0 Å². The Bertz CT molecular complexity index is 774. The van der Waals surface area contributed by atoms with Crippen LogP contribution in [0.15, 0.2) is 46.9 Å². The molecular weight excluding hydrogens is 242 g/mol. The summed E-state index contributed by atoms with van der Waals surface area (Å²) >= 11 is 0. The van der Waals surface area contributed by atoms with Crippen molar-refractivity contribution >= 4 is 16.9 Å². The Labute approximate surface area is 109 Å². The van der Waals surface area contributed by atoms with Crippen LogP contribution in [0.5, 0.6) is 0 Å². The summed E-state index contributed by atoms with van der Waals surface area (Å²) in [4.78, 5) is 15.7. The number of benzene rings is 1. The molecule has 2 aromatic heterocycles. The summed E-state index contributed by atoms with van der Waals surface area (Å²) in [5, 5.41) is 11.8. The molecule has 0 N–H and O–H groups in total. The minimum atomic E-state index is -1.22. The van der Waals surface area contributed by atoms with E-state index in [1.54, 1.807) is 24.3 Å². The number of carbonyl (C=O) groups is 1. The van der Waals surface area contributed by atoms with Crippen LogP contribution in [-0.4, -0.2) is 11.0 Å². The van der Waals surface area contributed by atoms with Gasteiger partial charge in [0.25, 0.3) is 0 Å². The van der Waals surface area contributed by atoms with Crippen molar-refractivity contribution in [1.29, 1.82) is 0 Å². The molecule has 3 aromatic rings. The minimum Gasteiger partial charge on any atom is -0.545 e. The van der Waals surface area contributed by atoms with Crippen molar-refractivity contribution < 1.29 is 14.3 Å². The molecule has 0 aliphatic heterocycles. The summed E-state index contributed by atoms with van der Waals surface area (Å²) in [5.74, 6) is 0.0776. The number of hydrogen-bond donors (Lipinski definition) is 0. The van der Waals surface area contributed by atoms with Crippen molar-refractivity contribution in [3.63, 3.8) is 0 Å². The second-order valence-electron chi connectivity index (χ2n) is 4.27. The number of pyridine rings is 1. The average Bonchev–Trinajstić information content (AvgIpc) is 2.84. The first-order chi connectivity index (χ1) is 9.15. The molecule has 0 spiro atoms. The number of nitrogens with zero attached hydrogens (tertiary/aromatic N) is 1. The first-order valence-electron chi connectivity index (χ1n) is 5.83. The van der Waals surface area contributed by atoms with Gasteiger partial charge < -0.3 is 14.3 Å². The van der Waals surface area contributed by atoms with E-state index in [4.69, 9.17) is 4.42 Å². The number of carboxylic acid groups (broad SMARTS) is 1. The lowest BCUT2D eigenvalue weighted by Crippen LogP contribution is -2.22. The van der Waals surface area contributed by atoms with Crippen molar-refractivity contribution in [2.45, 2.75) is 6.92 Å². The molecule has 3 rings (SSSR count). The maximum atomic E-state index is 11.2. The molecule has 0 aliphatic carbocycles. The number of fused-ring (bicyclic) bond motifs is 1. The Morgan fingerprint density at radius 1 is 1.21 bits per heavy atom. The smallest absolute Gasteiger partial charge is 0.152 e. The van der Waals surface area contributed by atoms with Crippen LogP contribution in [0.1, 0.15) is 16.1 Å². The van der Waals surface area contributed by atoms with Crippen molar-refractivity contribution in [3.05, 3.63) is 53.8 Å². The highest BCUT2D eigenvalue weighted by atomic mass is 16.4. The van der Waals surface area contributed by atoms with E-state index in [0.29, 0.717) is 22.4 Å². The second-order valence-corrected chi connectivity index (χ2v) is 4.27. The largest absolute Gasteiger partial charge is 0.545 e. The molecule has 19 heavy (non-hydrogen) atoms. The molecule has 0 bridgehead atoms. The molecule has 4 heteroatoms. The van der Waals surface area contributed by atoms with Gasteiger partial charge in [-0.3, -0.25) is 0 Å². The number of para-hydroxylation sites is 1. The number of aromatic nitrogens is 1. The molecule has 0 saturated heterocycles. The number of aryl methyl sites for hydroxylation is 1. The number of rotatable bonds is 2. The minimum absolute atomic E-state index is 0.120. The molecule has 2 heterocycles. The predicted molar refractivity (Wildman–Crippen MR) is 68.5 cm³/mol. The molecule has 0 fully saturated rings. The van der Waals surface area contributed by atoms with Gasteiger partial charge in [-0.05, 0) is 31.2 Å². The van der Waals surface area contributed by atoms with Gasteiger partial charge in [0.05, 0.1) is 11.5 Å². The van der Waals surface area contributed by atoms with Crippen molar-refractivity contribution in [2.24, 2.45) is 0 Å². The zero-order chi connectivity index (χ0) is 13.4. The summed E-state index contributed by atoms with van der Waals surface area (Å²) in [5.41, 5.74) is 1.22. The molecule has 0 amide bonds. The molecule has 4 nitrogen and oxygen atoms in total. The third-order valence-electron chi connectivity index (χ3n) is 2.93. The zero-order valence-corrected chi connectivity index (χ0v) is 10.2. The number of furan rings is 1. The molecule has 1 aromatic carbocycles. The average molecular weight is 252 g/mol. The Balaban J connectivity index is 2.30. The fourth-order valence-corrected chi connectivity index (χ4v) is 2.04. The lowest BCUT2D eigenvalue weighted by atomic mass is 10.1. The second kappa shape index (κ2) is 4.24. The fourth-order valence-electron chi connectivity index (χ4n) is 2.04. The summed E-state index contributed by atoms with van der Waals surface area (Å²) in [6.07, 6.45) is 0. The van der Waals surface area contributed by atoms with Gasteiger partial charge in [-0.25, -0.2) is 4.98 Å². The van der Waals surface area contributed by atoms with Gasteiger partial charge in [-0.15, -0.1) is 0 Å². The van der Waals surface area contributed by atoms with Gasteiger partial charge in [-0.1, -0.05) is 18.2 Å². The highest BCUT2D eigenvalue weighted by molar-refractivity contribution is 6.02. The topological polar surface area (TPSA) is 66.2 Å². The van der Waals surface area contributed by atoms with Crippen LogP contribution in [-0.2, 0) is 0 Å². The third kappa shape index (κ3) is 1.97. The van der Waals surface area contributed by atoms with Gasteiger partial charge in [0.15, 0.2) is 5.76 Å². The molecule has 0 aliphatic rings. The first-order valence-corrected chi connectivity index (χ1v) is 5.83. The van der Waals surface area contributed by atoms with E-state index in [1.807, 2.05) is 19.1 Å². The van der Waals surface area contributed by atoms with Crippen LogP contribution in [0.25, 0.3) is 22.4 Å². The zero-order valence-electron chi connectivity index (χ0n) is 10.2. The van der Waals surface area contributed by atoms with E-state index < -0.39 is 5.97 Å². The summed E-state index contributed by atoms with van der Waals surface area (Å²) in [6, 6.07) is 12.1. The highest BCUT2D eigenvalue weighted by Gasteiger charge is 2.10. The van der Waals surface area contributed by atoms with Gasteiger partial charge in [-0.2, -0.15) is 0 Å². The SMILES string of the molecule is Cc1ccc(-c2cc(C(=O)[O-])c3ccccc3n2)o1. The lowest BCUT2D eigenvalue weighted by Gasteiger charge is -2.09. The van der Waals surface area contributed by atoms with Crippen molar-refractivity contribution in [1.82, 2.24) is 4.98 Å². The molecule has 94 valence electrons. The monoisotopic (exact) mass is 252 g/mol. The molecule has 0 radical (unpaired) electrons. The van der Waals surface area contributed by atoms with Crippen LogP contribution in [0.2, 0.25) is 0 Å². The van der Waals surface area contributed by atoms with Gasteiger partial charge >= 0.3 is 0 Å². The maximum absolute atomic E-state index is 11.2.